The molecular formula is C15H19N3O2S. The molecule has 1 N–H and O–H groups in total. The van der Waals surface area contributed by atoms with Crippen LogP contribution >= 0.6 is 0 Å². The third-order valence-electron chi connectivity index (χ3n) is 3.86. The van der Waals surface area contributed by atoms with Gasteiger partial charge in [-0.1, -0.05) is 30.3 Å². The second-order valence-electron chi connectivity index (χ2n) is 5.48. The van der Waals surface area contributed by atoms with Gasteiger partial charge in [-0.25, -0.2) is 13.4 Å². The highest BCUT2D eigenvalue weighted by molar-refractivity contribution is 7.91. The Bertz CT molecular complexity index is 668. The van der Waals surface area contributed by atoms with Gasteiger partial charge >= 0.3 is 0 Å². The standard InChI is InChI=1S/C15H19N3O2S/c19-21(20)9-6-14(12-21)18(11-15-16-7-8-17-15)10-13-4-2-1-3-5-13/h1-5,7-8,14H,6,9-12H2,(H,16,17)/t14-/m0/s1. The smallest absolute Gasteiger partial charge is 0.151 e. The van der Waals surface area contributed by atoms with Crippen LogP contribution in [0.15, 0.2) is 42.7 Å². The Morgan fingerprint density at radius 2 is 2.05 bits per heavy atom. The van der Waals surface area contributed by atoms with Crippen LogP contribution in [0.4, 0.5) is 0 Å². The van der Waals surface area contributed by atoms with E-state index in [9.17, 15) is 8.42 Å². The van der Waals surface area contributed by atoms with Gasteiger partial charge in [0.25, 0.3) is 0 Å². The van der Waals surface area contributed by atoms with Crippen molar-refractivity contribution in [2.24, 2.45) is 0 Å². The minimum atomic E-state index is -2.88. The van der Waals surface area contributed by atoms with E-state index in [2.05, 4.69) is 27.0 Å². The van der Waals surface area contributed by atoms with Gasteiger partial charge in [0.1, 0.15) is 5.82 Å². The number of sulfone groups is 1. The molecule has 1 aliphatic rings. The fraction of sp³-hybridized carbons (Fsp3) is 0.400. The molecule has 0 unspecified atom stereocenters. The Balaban J connectivity index is 1.77. The first-order chi connectivity index (χ1) is 10.1. The molecule has 3 rings (SSSR count). The third kappa shape index (κ3) is 3.71. The average molecular weight is 305 g/mol. The number of benzene rings is 1. The maximum atomic E-state index is 11.8. The number of rotatable bonds is 5. The molecule has 0 spiro atoms. The van der Waals surface area contributed by atoms with Crippen molar-refractivity contribution >= 4 is 9.84 Å². The van der Waals surface area contributed by atoms with Gasteiger partial charge in [-0.15, -0.1) is 0 Å². The van der Waals surface area contributed by atoms with Crippen molar-refractivity contribution in [3.05, 3.63) is 54.1 Å². The van der Waals surface area contributed by atoms with E-state index in [0.29, 0.717) is 18.7 Å². The van der Waals surface area contributed by atoms with Crippen LogP contribution in [0.2, 0.25) is 0 Å². The first-order valence-corrected chi connectivity index (χ1v) is 8.91. The van der Waals surface area contributed by atoms with Crippen LogP contribution < -0.4 is 0 Å². The van der Waals surface area contributed by atoms with Crippen molar-refractivity contribution in [1.82, 2.24) is 14.9 Å². The number of H-pyrrole nitrogens is 1. The highest BCUT2D eigenvalue weighted by Crippen LogP contribution is 2.21. The molecule has 1 aromatic carbocycles. The number of imidazole rings is 1. The first-order valence-electron chi connectivity index (χ1n) is 7.09. The minimum absolute atomic E-state index is 0.0697. The molecule has 2 heterocycles. The van der Waals surface area contributed by atoms with Gasteiger partial charge in [0, 0.05) is 25.0 Å². The topological polar surface area (TPSA) is 66.1 Å². The van der Waals surface area contributed by atoms with E-state index in [1.165, 1.54) is 5.56 Å². The van der Waals surface area contributed by atoms with Crippen LogP contribution in [0.1, 0.15) is 17.8 Å². The first kappa shape index (κ1) is 14.3. The molecule has 0 saturated carbocycles. The van der Waals surface area contributed by atoms with Crippen molar-refractivity contribution in [3.63, 3.8) is 0 Å². The molecule has 0 bridgehead atoms. The summed E-state index contributed by atoms with van der Waals surface area (Å²) in [6.07, 6.45) is 4.22. The number of hydrogen-bond acceptors (Lipinski definition) is 4. The summed E-state index contributed by atoms with van der Waals surface area (Å²) in [5.74, 6) is 1.41. The predicted molar refractivity (Wildman–Crippen MR) is 81.3 cm³/mol. The summed E-state index contributed by atoms with van der Waals surface area (Å²) in [4.78, 5) is 9.56. The van der Waals surface area contributed by atoms with Gasteiger partial charge in [-0.3, -0.25) is 4.90 Å². The van der Waals surface area contributed by atoms with E-state index >= 15 is 0 Å². The van der Waals surface area contributed by atoms with Crippen molar-refractivity contribution < 1.29 is 8.42 Å². The monoisotopic (exact) mass is 305 g/mol. The summed E-state index contributed by atoms with van der Waals surface area (Å²) in [7, 11) is -2.88. The van der Waals surface area contributed by atoms with Crippen molar-refractivity contribution in [2.45, 2.75) is 25.6 Å². The van der Waals surface area contributed by atoms with Crippen LogP contribution in [0, 0.1) is 0 Å². The number of nitrogens with one attached hydrogen (secondary N) is 1. The summed E-state index contributed by atoms with van der Waals surface area (Å²) in [5, 5.41) is 0. The summed E-state index contributed by atoms with van der Waals surface area (Å²) >= 11 is 0. The summed E-state index contributed by atoms with van der Waals surface area (Å²) in [6, 6.07) is 10.2. The molecular weight excluding hydrogens is 286 g/mol. The molecule has 5 nitrogen and oxygen atoms in total. The molecule has 1 aliphatic heterocycles. The van der Waals surface area contributed by atoms with Crippen LogP contribution in [0.25, 0.3) is 0 Å². The van der Waals surface area contributed by atoms with E-state index in [0.717, 1.165) is 12.4 Å². The molecule has 2 aromatic rings. The molecule has 6 heteroatoms. The van der Waals surface area contributed by atoms with E-state index < -0.39 is 9.84 Å². The fourth-order valence-corrected chi connectivity index (χ4v) is 4.53. The third-order valence-corrected chi connectivity index (χ3v) is 5.61. The Labute approximate surface area is 124 Å². The molecule has 21 heavy (non-hydrogen) atoms. The molecule has 0 aliphatic carbocycles. The molecule has 1 atom stereocenters. The predicted octanol–water partition coefficient (Wildman–Crippen LogP) is 1.60. The molecule has 1 fully saturated rings. The number of nitrogens with zero attached hydrogens (tertiary/aromatic N) is 2. The zero-order valence-electron chi connectivity index (χ0n) is 11.8. The normalized spacial score (nSPS) is 20.9. The van der Waals surface area contributed by atoms with E-state index in [1.807, 2.05) is 18.2 Å². The Hall–Kier alpha value is -1.66. The molecule has 0 amide bonds. The average Bonchev–Trinajstić information content (AvgIpc) is 3.08. The maximum Gasteiger partial charge on any atom is 0.151 e. The molecule has 1 aromatic heterocycles. The van der Waals surface area contributed by atoms with E-state index in [1.54, 1.807) is 12.4 Å². The highest BCUT2D eigenvalue weighted by Gasteiger charge is 2.32. The highest BCUT2D eigenvalue weighted by atomic mass is 32.2. The second kappa shape index (κ2) is 5.99. The van der Waals surface area contributed by atoms with E-state index in [4.69, 9.17) is 0 Å². The van der Waals surface area contributed by atoms with Crippen molar-refractivity contribution in [2.75, 3.05) is 11.5 Å². The summed E-state index contributed by atoms with van der Waals surface area (Å²) < 4.78 is 23.5. The zero-order chi connectivity index (χ0) is 14.7. The maximum absolute atomic E-state index is 11.8. The number of aromatic amines is 1. The minimum Gasteiger partial charge on any atom is -0.348 e. The lowest BCUT2D eigenvalue weighted by Gasteiger charge is -2.27. The van der Waals surface area contributed by atoms with Crippen LogP contribution in [-0.2, 0) is 22.9 Å². The van der Waals surface area contributed by atoms with Crippen molar-refractivity contribution in [1.29, 1.82) is 0 Å². The Morgan fingerprint density at radius 1 is 1.24 bits per heavy atom. The summed E-state index contributed by atoms with van der Waals surface area (Å²) in [5.41, 5.74) is 1.19. The van der Waals surface area contributed by atoms with Gasteiger partial charge in [0.15, 0.2) is 9.84 Å². The second-order valence-corrected chi connectivity index (χ2v) is 7.71. The van der Waals surface area contributed by atoms with Crippen LogP contribution in [-0.4, -0.2) is 40.8 Å². The SMILES string of the molecule is O=S1(=O)CC[C@H](N(Cc2ccccc2)Cc2ncc[nH]2)C1. The van der Waals surface area contributed by atoms with E-state index in [-0.39, 0.29) is 11.8 Å². The van der Waals surface area contributed by atoms with Gasteiger partial charge in [0.2, 0.25) is 0 Å². The Kier molecular flexibility index (Phi) is 4.07. The fourth-order valence-electron chi connectivity index (χ4n) is 2.77. The molecule has 1 saturated heterocycles. The number of hydrogen-bond donors (Lipinski definition) is 1. The lowest BCUT2D eigenvalue weighted by molar-refractivity contribution is 0.190. The van der Waals surface area contributed by atoms with Gasteiger partial charge in [0.05, 0.1) is 18.1 Å². The van der Waals surface area contributed by atoms with Crippen molar-refractivity contribution in [3.8, 4) is 0 Å². The quantitative estimate of drug-likeness (QED) is 0.911. The summed E-state index contributed by atoms with van der Waals surface area (Å²) in [6.45, 7) is 1.38. The van der Waals surface area contributed by atoms with Gasteiger partial charge in [-0.05, 0) is 12.0 Å². The Morgan fingerprint density at radius 3 is 2.67 bits per heavy atom. The number of aromatic nitrogens is 2. The largest absolute Gasteiger partial charge is 0.348 e. The van der Waals surface area contributed by atoms with Crippen LogP contribution in [0.5, 0.6) is 0 Å². The van der Waals surface area contributed by atoms with Gasteiger partial charge in [-0.2, -0.15) is 0 Å². The molecule has 112 valence electrons. The zero-order valence-corrected chi connectivity index (χ0v) is 12.6. The lowest BCUT2D eigenvalue weighted by atomic mass is 10.1. The lowest BCUT2D eigenvalue weighted by Crippen LogP contribution is -2.35. The molecule has 0 radical (unpaired) electrons. The van der Waals surface area contributed by atoms with Crippen LogP contribution in [0.3, 0.4) is 0 Å². The van der Waals surface area contributed by atoms with Gasteiger partial charge < -0.3 is 4.98 Å².